The number of hydrogen-bond acceptors (Lipinski definition) is 7. The number of benzene rings is 1. The van der Waals surface area contributed by atoms with E-state index in [1.165, 1.54) is 11.3 Å². The minimum atomic E-state index is -0.635. The number of esters is 1. The molecule has 0 spiro atoms. The summed E-state index contributed by atoms with van der Waals surface area (Å²) in [6.07, 6.45) is 1.02. The molecular formula is C20H21N3O5S. The van der Waals surface area contributed by atoms with Gasteiger partial charge in [0.1, 0.15) is 10.8 Å². The maximum absolute atomic E-state index is 13.2. The minimum absolute atomic E-state index is 0.0181. The Morgan fingerprint density at radius 1 is 1.21 bits per heavy atom. The van der Waals surface area contributed by atoms with E-state index in [0.717, 1.165) is 4.68 Å². The third-order valence-corrected chi connectivity index (χ3v) is 5.06. The summed E-state index contributed by atoms with van der Waals surface area (Å²) in [5.74, 6) is -0.207. The van der Waals surface area contributed by atoms with Gasteiger partial charge in [-0.15, -0.1) is 11.3 Å². The second-order valence-electron chi connectivity index (χ2n) is 6.14. The number of fused-ring (bicyclic) bond motifs is 1. The molecule has 0 atom stereocenters. The van der Waals surface area contributed by atoms with Crippen molar-refractivity contribution in [3.05, 3.63) is 45.7 Å². The number of carbonyl (C=O) groups is 2. The fraction of sp³-hybridized carbons (Fsp3) is 0.300. The zero-order chi connectivity index (χ0) is 21.0. The van der Waals surface area contributed by atoms with Gasteiger partial charge in [0.15, 0.2) is 5.69 Å². The van der Waals surface area contributed by atoms with E-state index >= 15 is 0 Å². The number of hydrogen-bond donors (Lipinski definition) is 1. The number of rotatable bonds is 7. The van der Waals surface area contributed by atoms with Crippen molar-refractivity contribution in [2.75, 3.05) is 19.0 Å². The Morgan fingerprint density at radius 3 is 2.55 bits per heavy atom. The van der Waals surface area contributed by atoms with Crippen molar-refractivity contribution in [2.24, 2.45) is 0 Å². The van der Waals surface area contributed by atoms with Crippen LogP contribution < -0.4 is 15.6 Å². The number of thiophene rings is 1. The topological polar surface area (TPSA) is 99.5 Å². The third kappa shape index (κ3) is 4.14. The fourth-order valence-corrected chi connectivity index (χ4v) is 3.76. The summed E-state index contributed by atoms with van der Waals surface area (Å²) >= 11 is 1.18. The number of nitrogens with zero attached hydrogens (tertiary/aromatic N) is 2. The lowest BCUT2D eigenvalue weighted by atomic mass is 10.2. The summed E-state index contributed by atoms with van der Waals surface area (Å²) in [7, 11) is 1.54. The summed E-state index contributed by atoms with van der Waals surface area (Å²) in [6, 6.07) is 6.70. The van der Waals surface area contributed by atoms with Gasteiger partial charge >= 0.3 is 5.97 Å². The van der Waals surface area contributed by atoms with Gasteiger partial charge in [0.25, 0.3) is 5.56 Å². The van der Waals surface area contributed by atoms with Gasteiger partial charge in [-0.3, -0.25) is 9.59 Å². The first kappa shape index (κ1) is 20.5. The summed E-state index contributed by atoms with van der Waals surface area (Å²) in [5, 5.41) is 9.63. The molecule has 1 aromatic carbocycles. The van der Waals surface area contributed by atoms with E-state index in [2.05, 4.69) is 10.4 Å². The lowest BCUT2D eigenvalue weighted by molar-refractivity contribution is -0.116. The number of nitrogens with one attached hydrogen (secondary N) is 1. The van der Waals surface area contributed by atoms with Crippen LogP contribution in [0.3, 0.4) is 0 Å². The van der Waals surface area contributed by atoms with E-state index in [0.29, 0.717) is 34.7 Å². The summed E-state index contributed by atoms with van der Waals surface area (Å²) in [4.78, 5) is 37.8. The smallest absolute Gasteiger partial charge is 0.359 e. The largest absolute Gasteiger partial charge is 0.497 e. The van der Waals surface area contributed by atoms with Crippen molar-refractivity contribution < 1.29 is 19.1 Å². The van der Waals surface area contributed by atoms with Crippen molar-refractivity contribution in [1.29, 1.82) is 0 Å². The normalized spacial score (nSPS) is 10.7. The number of anilines is 1. The summed E-state index contributed by atoms with van der Waals surface area (Å²) in [5.41, 5.74) is 0.0380. The molecule has 3 rings (SSSR count). The van der Waals surface area contributed by atoms with Crippen LogP contribution in [-0.4, -0.2) is 35.4 Å². The highest BCUT2D eigenvalue weighted by molar-refractivity contribution is 7.16. The Hall–Kier alpha value is -3.20. The maximum Gasteiger partial charge on any atom is 0.359 e. The lowest BCUT2D eigenvalue weighted by Crippen LogP contribution is -2.25. The van der Waals surface area contributed by atoms with E-state index in [1.807, 2.05) is 6.92 Å². The maximum atomic E-state index is 13.2. The highest BCUT2D eigenvalue weighted by Gasteiger charge is 2.23. The quantitative estimate of drug-likeness (QED) is 0.594. The number of carbonyl (C=O) groups excluding carboxylic acids is 2. The van der Waals surface area contributed by atoms with Crippen molar-refractivity contribution in [1.82, 2.24) is 9.78 Å². The zero-order valence-corrected chi connectivity index (χ0v) is 17.2. The molecule has 0 saturated heterocycles. The number of ether oxygens (including phenoxy) is 2. The standard InChI is InChI=1S/C20H21N3O5S/c1-4-6-15(24)21-18-16-14(11-29-18)17(20(26)28-5-2)22-23(19(16)25)12-7-9-13(27-3)10-8-12/h7-11H,4-6H2,1-3H3,(H,21,24). The van der Waals surface area contributed by atoms with E-state index in [1.54, 1.807) is 43.7 Å². The van der Waals surface area contributed by atoms with Gasteiger partial charge < -0.3 is 14.8 Å². The minimum Gasteiger partial charge on any atom is -0.497 e. The van der Waals surface area contributed by atoms with Crippen LogP contribution in [0.4, 0.5) is 5.00 Å². The number of amides is 1. The van der Waals surface area contributed by atoms with E-state index in [4.69, 9.17) is 9.47 Å². The van der Waals surface area contributed by atoms with Gasteiger partial charge in [0.05, 0.1) is 24.8 Å². The number of aromatic nitrogens is 2. The molecule has 1 amide bonds. The Labute approximate surface area is 171 Å². The first-order valence-electron chi connectivity index (χ1n) is 9.16. The predicted molar refractivity (Wildman–Crippen MR) is 111 cm³/mol. The van der Waals surface area contributed by atoms with E-state index < -0.39 is 11.5 Å². The summed E-state index contributed by atoms with van der Waals surface area (Å²) < 4.78 is 11.4. The molecule has 29 heavy (non-hydrogen) atoms. The lowest BCUT2D eigenvalue weighted by Gasteiger charge is -2.10. The molecule has 0 aliphatic rings. The second-order valence-corrected chi connectivity index (χ2v) is 7.02. The van der Waals surface area contributed by atoms with Crippen LogP contribution in [0.15, 0.2) is 34.4 Å². The Bertz CT molecular complexity index is 1100. The van der Waals surface area contributed by atoms with Gasteiger partial charge in [-0.2, -0.15) is 9.78 Å². The Balaban J connectivity index is 2.22. The van der Waals surface area contributed by atoms with Gasteiger partial charge in [-0.05, 0) is 37.6 Å². The van der Waals surface area contributed by atoms with Crippen LogP contribution in [0.5, 0.6) is 5.75 Å². The molecule has 1 N–H and O–H groups in total. The molecule has 0 aliphatic heterocycles. The predicted octanol–water partition coefficient (Wildman–Crippen LogP) is 3.37. The van der Waals surface area contributed by atoms with Crippen LogP contribution in [-0.2, 0) is 9.53 Å². The van der Waals surface area contributed by atoms with Crippen molar-refractivity contribution in [3.8, 4) is 11.4 Å². The van der Waals surface area contributed by atoms with Crippen LogP contribution >= 0.6 is 11.3 Å². The van der Waals surface area contributed by atoms with E-state index in [9.17, 15) is 14.4 Å². The SMILES string of the molecule is CCCC(=O)Nc1scc2c(C(=O)OCC)nn(-c3ccc(OC)cc3)c(=O)c12. The van der Waals surface area contributed by atoms with Crippen molar-refractivity contribution in [2.45, 2.75) is 26.7 Å². The first-order valence-corrected chi connectivity index (χ1v) is 10.0. The van der Waals surface area contributed by atoms with Crippen LogP contribution in [0.2, 0.25) is 0 Å². The van der Waals surface area contributed by atoms with Gasteiger partial charge in [0.2, 0.25) is 5.91 Å². The fourth-order valence-electron chi connectivity index (χ4n) is 2.81. The number of methoxy groups -OCH3 is 1. The third-order valence-electron chi connectivity index (χ3n) is 4.17. The summed E-state index contributed by atoms with van der Waals surface area (Å²) in [6.45, 7) is 3.76. The zero-order valence-electron chi connectivity index (χ0n) is 16.4. The average Bonchev–Trinajstić information content (AvgIpc) is 3.13. The van der Waals surface area contributed by atoms with Crippen LogP contribution in [0.25, 0.3) is 16.5 Å². The molecule has 152 valence electrons. The molecule has 0 saturated carbocycles. The average molecular weight is 415 g/mol. The Kier molecular flexibility index (Phi) is 6.28. The van der Waals surface area contributed by atoms with Crippen LogP contribution in [0, 0.1) is 0 Å². The van der Waals surface area contributed by atoms with Crippen molar-refractivity contribution in [3.63, 3.8) is 0 Å². The first-order chi connectivity index (χ1) is 14.0. The molecule has 2 aromatic heterocycles. The molecule has 0 unspecified atom stereocenters. The highest BCUT2D eigenvalue weighted by Crippen LogP contribution is 2.31. The molecule has 8 nitrogen and oxygen atoms in total. The molecule has 0 bridgehead atoms. The van der Waals surface area contributed by atoms with Crippen LogP contribution in [0.1, 0.15) is 37.2 Å². The molecule has 0 fully saturated rings. The van der Waals surface area contributed by atoms with Crippen molar-refractivity contribution >= 4 is 39.0 Å². The Morgan fingerprint density at radius 2 is 1.93 bits per heavy atom. The molecular weight excluding hydrogens is 394 g/mol. The molecule has 9 heteroatoms. The van der Waals surface area contributed by atoms with Gasteiger partial charge in [-0.1, -0.05) is 6.92 Å². The van der Waals surface area contributed by atoms with Gasteiger partial charge in [-0.25, -0.2) is 4.79 Å². The molecule has 0 radical (unpaired) electrons. The monoisotopic (exact) mass is 415 g/mol. The van der Waals surface area contributed by atoms with E-state index in [-0.39, 0.29) is 23.6 Å². The molecule has 2 heterocycles. The second kappa shape index (κ2) is 8.87. The molecule has 3 aromatic rings. The molecule has 0 aliphatic carbocycles. The highest BCUT2D eigenvalue weighted by atomic mass is 32.1. The van der Waals surface area contributed by atoms with Gasteiger partial charge in [0, 0.05) is 17.2 Å².